The summed E-state index contributed by atoms with van der Waals surface area (Å²) in [7, 11) is 0. The zero-order valence-corrected chi connectivity index (χ0v) is 7.57. The van der Waals surface area contributed by atoms with E-state index in [4.69, 9.17) is 0 Å². The molecular weight excluding hydrogens is 122 g/mol. The molecule has 0 saturated carbocycles. The summed E-state index contributed by atoms with van der Waals surface area (Å²) in [6.07, 6.45) is 1.34. The maximum atomic E-state index is 3.53. The van der Waals surface area contributed by atoms with Gasteiger partial charge in [-0.3, -0.25) is 0 Å². The second kappa shape index (κ2) is 2.54. The van der Waals surface area contributed by atoms with Crippen molar-refractivity contribution in [1.29, 1.82) is 0 Å². The molecule has 60 valence electrons. The fourth-order valence-corrected chi connectivity index (χ4v) is 1.68. The first-order valence-corrected chi connectivity index (χ1v) is 4.26. The van der Waals surface area contributed by atoms with E-state index in [2.05, 4.69) is 33.0 Å². The van der Waals surface area contributed by atoms with Gasteiger partial charge in [0, 0.05) is 5.54 Å². The van der Waals surface area contributed by atoms with E-state index >= 15 is 0 Å². The monoisotopic (exact) mass is 141 g/mol. The molecule has 1 N–H and O–H groups in total. The van der Waals surface area contributed by atoms with Crippen molar-refractivity contribution in [1.82, 2.24) is 5.32 Å². The molecule has 0 aromatic heterocycles. The normalized spacial score (nSPS) is 31.5. The lowest BCUT2D eigenvalue weighted by atomic mass is 9.89. The standard InChI is InChI=1S/C9H19N/c1-7(2)8-5-9(3,4)10-6-8/h7-8,10H,5-6H2,1-4H3. The van der Waals surface area contributed by atoms with Gasteiger partial charge >= 0.3 is 0 Å². The maximum Gasteiger partial charge on any atom is 0.0128 e. The van der Waals surface area contributed by atoms with E-state index in [9.17, 15) is 0 Å². The molecule has 1 rings (SSSR count). The Labute approximate surface area is 64.2 Å². The highest BCUT2D eigenvalue weighted by Crippen LogP contribution is 2.28. The van der Waals surface area contributed by atoms with E-state index in [0.717, 1.165) is 11.8 Å². The third kappa shape index (κ3) is 1.72. The Bertz CT molecular complexity index is 116. The van der Waals surface area contributed by atoms with Crippen LogP contribution in [-0.2, 0) is 0 Å². The molecule has 0 radical (unpaired) electrons. The summed E-state index contributed by atoms with van der Waals surface area (Å²) in [4.78, 5) is 0. The lowest BCUT2D eigenvalue weighted by molar-refractivity contribution is 0.382. The molecule has 1 unspecified atom stereocenters. The Morgan fingerprint density at radius 1 is 1.40 bits per heavy atom. The zero-order chi connectivity index (χ0) is 7.78. The van der Waals surface area contributed by atoms with Gasteiger partial charge in [0.15, 0.2) is 0 Å². The molecule has 0 aromatic carbocycles. The zero-order valence-electron chi connectivity index (χ0n) is 7.57. The molecule has 0 bridgehead atoms. The van der Waals surface area contributed by atoms with Crippen LogP contribution >= 0.6 is 0 Å². The molecule has 0 aliphatic carbocycles. The molecule has 1 nitrogen and oxygen atoms in total. The highest BCUT2D eigenvalue weighted by molar-refractivity contribution is 4.90. The van der Waals surface area contributed by atoms with Crippen LogP contribution in [0.25, 0.3) is 0 Å². The van der Waals surface area contributed by atoms with Crippen molar-refractivity contribution in [3.8, 4) is 0 Å². The first-order chi connectivity index (χ1) is 4.51. The fraction of sp³-hybridized carbons (Fsp3) is 1.00. The molecule has 1 heteroatoms. The van der Waals surface area contributed by atoms with E-state index < -0.39 is 0 Å². The third-order valence-electron chi connectivity index (χ3n) is 2.56. The first kappa shape index (κ1) is 8.06. The molecule has 0 aromatic rings. The quantitative estimate of drug-likeness (QED) is 0.589. The highest BCUT2D eigenvalue weighted by Gasteiger charge is 2.31. The van der Waals surface area contributed by atoms with E-state index in [-0.39, 0.29) is 0 Å². The number of nitrogens with one attached hydrogen (secondary N) is 1. The number of rotatable bonds is 1. The summed E-state index contributed by atoms with van der Waals surface area (Å²) in [5, 5.41) is 3.53. The van der Waals surface area contributed by atoms with Gasteiger partial charge in [-0.1, -0.05) is 13.8 Å². The topological polar surface area (TPSA) is 12.0 Å². The van der Waals surface area contributed by atoms with Crippen LogP contribution in [0.5, 0.6) is 0 Å². The summed E-state index contributed by atoms with van der Waals surface area (Å²) < 4.78 is 0. The van der Waals surface area contributed by atoms with Gasteiger partial charge < -0.3 is 5.32 Å². The van der Waals surface area contributed by atoms with Gasteiger partial charge in [0.25, 0.3) is 0 Å². The Hall–Kier alpha value is -0.0400. The summed E-state index contributed by atoms with van der Waals surface area (Å²) in [5.41, 5.74) is 0.398. The molecule has 10 heavy (non-hydrogen) atoms. The average molecular weight is 141 g/mol. The van der Waals surface area contributed by atoms with Crippen LogP contribution in [0.3, 0.4) is 0 Å². The Morgan fingerprint density at radius 2 is 2.00 bits per heavy atom. The average Bonchev–Trinajstić information content (AvgIpc) is 2.10. The molecule has 0 spiro atoms. The van der Waals surface area contributed by atoms with E-state index in [1.807, 2.05) is 0 Å². The summed E-state index contributed by atoms with van der Waals surface area (Å²) >= 11 is 0. The molecule has 1 fully saturated rings. The van der Waals surface area contributed by atoms with Crippen molar-refractivity contribution in [2.24, 2.45) is 11.8 Å². The SMILES string of the molecule is CC(C)C1CNC(C)(C)C1. The number of hydrogen-bond donors (Lipinski definition) is 1. The van der Waals surface area contributed by atoms with Gasteiger partial charge in [-0.2, -0.15) is 0 Å². The van der Waals surface area contributed by atoms with Crippen LogP contribution in [-0.4, -0.2) is 12.1 Å². The van der Waals surface area contributed by atoms with Crippen molar-refractivity contribution in [3.05, 3.63) is 0 Å². The van der Waals surface area contributed by atoms with Crippen LogP contribution in [0.4, 0.5) is 0 Å². The Balaban J connectivity index is 2.43. The minimum atomic E-state index is 0.398. The molecule has 1 atom stereocenters. The summed E-state index contributed by atoms with van der Waals surface area (Å²) in [6, 6.07) is 0. The van der Waals surface area contributed by atoms with E-state index in [1.54, 1.807) is 0 Å². The Morgan fingerprint density at radius 3 is 2.20 bits per heavy atom. The second-order valence-corrected chi connectivity index (χ2v) is 4.47. The molecule has 1 saturated heterocycles. The van der Waals surface area contributed by atoms with Crippen molar-refractivity contribution in [2.75, 3.05) is 6.54 Å². The fourth-order valence-electron chi connectivity index (χ4n) is 1.68. The van der Waals surface area contributed by atoms with Crippen LogP contribution in [0.1, 0.15) is 34.1 Å². The van der Waals surface area contributed by atoms with Crippen LogP contribution in [0.15, 0.2) is 0 Å². The molecule has 1 aliphatic heterocycles. The van der Waals surface area contributed by atoms with Gasteiger partial charge in [0.1, 0.15) is 0 Å². The Kier molecular flexibility index (Phi) is 2.04. The second-order valence-electron chi connectivity index (χ2n) is 4.47. The molecular formula is C9H19N. The van der Waals surface area contributed by atoms with E-state index in [1.165, 1.54) is 13.0 Å². The highest BCUT2D eigenvalue weighted by atomic mass is 15.0. The minimum Gasteiger partial charge on any atom is -0.311 e. The number of hydrogen-bond acceptors (Lipinski definition) is 1. The van der Waals surface area contributed by atoms with Gasteiger partial charge in [-0.25, -0.2) is 0 Å². The predicted octanol–water partition coefficient (Wildman–Crippen LogP) is 2.03. The van der Waals surface area contributed by atoms with Gasteiger partial charge in [0.05, 0.1) is 0 Å². The van der Waals surface area contributed by atoms with Crippen LogP contribution in [0.2, 0.25) is 0 Å². The van der Waals surface area contributed by atoms with Crippen LogP contribution in [0, 0.1) is 11.8 Å². The lowest BCUT2D eigenvalue weighted by Gasteiger charge is -2.18. The maximum absolute atomic E-state index is 3.53. The first-order valence-electron chi connectivity index (χ1n) is 4.26. The van der Waals surface area contributed by atoms with Crippen molar-refractivity contribution in [2.45, 2.75) is 39.7 Å². The molecule has 0 amide bonds. The predicted molar refractivity (Wildman–Crippen MR) is 45.0 cm³/mol. The van der Waals surface area contributed by atoms with Crippen molar-refractivity contribution < 1.29 is 0 Å². The molecule has 1 heterocycles. The summed E-state index contributed by atoms with van der Waals surface area (Å²) in [5.74, 6) is 1.74. The van der Waals surface area contributed by atoms with E-state index in [0.29, 0.717) is 5.54 Å². The summed E-state index contributed by atoms with van der Waals surface area (Å²) in [6.45, 7) is 10.4. The van der Waals surface area contributed by atoms with Crippen molar-refractivity contribution >= 4 is 0 Å². The van der Waals surface area contributed by atoms with Gasteiger partial charge in [0.2, 0.25) is 0 Å². The minimum absolute atomic E-state index is 0.398. The smallest absolute Gasteiger partial charge is 0.0128 e. The lowest BCUT2D eigenvalue weighted by Crippen LogP contribution is -2.31. The van der Waals surface area contributed by atoms with Gasteiger partial charge in [-0.15, -0.1) is 0 Å². The van der Waals surface area contributed by atoms with Crippen molar-refractivity contribution in [3.63, 3.8) is 0 Å². The van der Waals surface area contributed by atoms with Crippen LogP contribution < -0.4 is 5.32 Å². The largest absolute Gasteiger partial charge is 0.311 e. The third-order valence-corrected chi connectivity index (χ3v) is 2.56. The van der Waals surface area contributed by atoms with Gasteiger partial charge in [-0.05, 0) is 38.6 Å². The molecule has 1 aliphatic rings.